The van der Waals surface area contributed by atoms with Crippen molar-refractivity contribution in [3.05, 3.63) is 70.5 Å². The monoisotopic (exact) mass is 390 g/mol. The zero-order chi connectivity index (χ0) is 20.1. The van der Waals surface area contributed by atoms with Crippen LogP contribution in [0.4, 0.5) is 0 Å². The van der Waals surface area contributed by atoms with E-state index in [4.69, 9.17) is 0 Å². The second-order valence-corrected chi connectivity index (χ2v) is 7.74. The van der Waals surface area contributed by atoms with Crippen LogP contribution in [0.5, 0.6) is 0 Å². The Morgan fingerprint density at radius 3 is 2.55 bits per heavy atom. The van der Waals surface area contributed by atoms with E-state index in [0.717, 1.165) is 18.4 Å². The van der Waals surface area contributed by atoms with Crippen LogP contribution in [0.25, 0.3) is 10.9 Å². The lowest BCUT2D eigenvalue weighted by molar-refractivity contribution is -0.122. The lowest BCUT2D eigenvalue weighted by Gasteiger charge is -2.31. The number of carbonyl (C=O) groups excluding carboxylic acids is 1. The summed E-state index contributed by atoms with van der Waals surface area (Å²) in [4.78, 5) is 25.3. The molecule has 0 aliphatic heterocycles. The molecule has 1 unspecified atom stereocenters. The van der Waals surface area contributed by atoms with Crippen LogP contribution in [-0.2, 0) is 11.3 Å². The fourth-order valence-electron chi connectivity index (χ4n) is 4.22. The molecule has 1 N–H and O–H groups in total. The Balaban J connectivity index is 1.46. The highest BCUT2D eigenvalue weighted by atomic mass is 16.2. The van der Waals surface area contributed by atoms with E-state index in [-0.39, 0.29) is 30.5 Å². The van der Waals surface area contributed by atoms with Gasteiger partial charge in [0.25, 0.3) is 5.56 Å². The van der Waals surface area contributed by atoms with Gasteiger partial charge in [0.05, 0.1) is 18.0 Å². The van der Waals surface area contributed by atoms with Crippen molar-refractivity contribution >= 4 is 16.8 Å². The van der Waals surface area contributed by atoms with Crippen molar-refractivity contribution in [1.82, 2.24) is 20.3 Å². The second kappa shape index (κ2) is 8.99. The lowest BCUT2D eigenvalue weighted by Crippen LogP contribution is -2.35. The van der Waals surface area contributed by atoms with E-state index in [9.17, 15) is 9.59 Å². The van der Waals surface area contributed by atoms with E-state index in [2.05, 4.69) is 27.8 Å². The molecular formula is C23H26N4O2. The van der Waals surface area contributed by atoms with Crippen LogP contribution in [0.2, 0.25) is 0 Å². The maximum atomic E-state index is 12.7. The van der Waals surface area contributed by atoms with Gasteiger partial charge in [0.1, 0.15) is 5.52 Å². The first kappa shape index (κ1) is 19.3. The highest BCUT2D eigenvalue weighted by molar-refractivity contribution is 5.77. The van der Waals surface area contributed by atoms with Crippen LogP contribution in [-0.4, -0.2) is 20.9 Å². The Morgan fingerprint density at radius 2 is 1.76 bits per heavy atom. The normalized spacial score (nSPS) is 15.9. The third kappa shape index (κ3) is 4.53. The fraction of sp³-hybridized carbons (Fsp3) is 0.391. The van der Waals surface area contributed by atoms with Crippen molar-refractivity contribution in [1.29, 1.82) is 0 Å². The van der Waals surface area contributed by atoms with Gasteiger partial charge in [-0.15, -0.1) is 5.10 Å². The first-order valence-corrected chi connectivity index (χ1v) is 10.4. The minimum Gasteiger partial charge on any atom is -0.349 e. The molecule has 0 radical (unpaired) electrons. The predicted molar refractivity (Wildman–Crippen MR) is 112 cm³/mol. The average Bonchev–Trinajstić information content (AvgIpc) is 2.78. The number of hydrogen-bond acceptors (Lipinski definition) is 4. The molecule has 4 rings (SSSR count). The van der Waals surface area contributed by atoms with Gasteiger partial charge in [-0.2, -0.15) is 0 Å². The minimum atomic E-state index is -0.213. The van der Waals surface area contributed by atoms with Crippen molar-refractivity contribution in [2.24, 2.45) is 5.92 Å². The smallest absolute Gasteiger partial charge is 0.277 e. The molecule has 1 amide bonds. The minimum absolute atomic E-state index is 0.0170. The number of nitrogens with zero attached hydrogens (tertiary/aromatic N) is 3. The van der Waals surface area contributed by atoms with Gasteiger partial charge in [-0.1, -0.05) is 66.9 Å². The van der Waals surface area contributed by atoms with E-state index >= 15 is 0 Å². The first-order valence-electron chi connectivity index (χ1n) is 10.4. The highest BCUT2D eigenvalue weighted by Gasteiger charge is 2.26. The Hall–Kier alpha value is -3.02. The van der Waals surface area contributed by atoms with Crippen molar-refractivity contribution in [3.63, 3.8) is 0 Å². The molecule has 150 valence electrons. The van der Waals surface area contributed by atoms with Crippen molar-refractivity contribution in [3.8, 4) is 0 Å². The number of fused-ring (bicyclic) bond motifs is 1. The third-order valence-corrected chi connectivity index (χ3v) is 5.78. The molecule has 0 bridgehead atoms. The molecule has 1 fully saturated rings. The van der Waals surface area contributed by atoms with Gasteiger partial charge in [-0.3, -0.25) is 9.59 Å². The molecule has 1 atom stereocenters. The number of amides is 1. The van der Waals surface area contributed by atoms with Crippen LogP contribution < -0.4 is 10.9 Å². The summed E-state index contributed by atoms with van der Waals surface area (Å²) in [6.45, 7) is 0.217. The summed E-state index contributed by atoms with van der Waals surface area (Å²) in [5, 5.41) is 11.8. The van der Waals surface area contributed by atoms with Gasteiger partial charge in [0, 0.05) is 6.42 Å². The lowest BCUT2D eigenvalue weighted by atomic mass is 9.81. The van der Waals surface area contributed by atoms with Crippen LogP contribution in [0.15, 0.2) is 59.4 Å². The van der Waals surface area contributed by atoms with Gasteiger partial charge in [0.15, 0.2) is 0 Å². The van der Waals surface area contributed by atoms with Gasteiger partial charge >= 0.3 is 0 Å². The molecule has 2 aromatic carbocycles. The second-order valence-electron chi connectivity index (χ2n) is 7.74. The first-order chi connectivity index (χ1) is 14.2. The number of aromatic nitrogens is 3. The number of aryl methyl sites for hydroxylation is 1. The van der Waals surface area contributed by atoms with Crippen LogP contribution in [0.1, 0.15) is 50.1 Å². The summed E-state index contributed by atoms with van der Waals surface area (Å²) in [5.41, 5.74) is 1.50. The Bertz CT molecular complexity index is 1030. The number of benzene rings is 2. The Morgan fingerprint density at radius 1 is 1.03 bits per heavy atom. The van der Waals surface area contributed by atoms with E-state index in [1.807, 2.05) is 24.3 Å². The number of rotatable bonds is 6. The molecule has 0 saturated heterocycles. The molecule has 1 aliphatic rings. The fourth-order valence-corrected chi connectivity index (χ4v) is 4.22. The van der Waals surface area contributed by atoms with Crippen LogP contribution in [0, 0.1) is 5.92 Å². The summed E-state index contributed by atoms with van der Waals surface area (Å²) in [5.74, 6) is 0.393. The van der Waals surface area contributed by atoms with E-state index < -0.39 is 0 Å². The molecule has 6 nitrogen and oxygen atoms in total. The SMILES string of the molecule is O=C(CCn1nnc2ccccc2c1=O)NC(c1ccccc1)C1CCCCC1. The van der Waals surface area contributed by atoms with Crippen LogP contribution in [0.3, 0.4) is 0 Å². The summed E-state index contributed by atoms with van der Waals surface area (Å²) in [6.07, 6.45) is 6.17. The predicted octanol–water partition coefficient (Wildman–Crippen LogP) is 3.62. The molecule has 3 aromatic rings. The summed E-state index contributed by atoms with van der Waals surface area (Å²) >= 11 is 0. The number of hydrogen-bond donors (Lipinski definition) is 1. The molecular weight excluding hydrogens is 364 g/mol. The van der Waals surface area contributed by atoms with Gasteiger partial charge in [0.2, 0.25) is 5.91 Å². The summed E-state index contributed by atoms with van der Waals surface area (Å²) < 4.78 is 1.28. The molecule has 1 aromatic heterocycles. The number of nitrogens with one attached hydrogen (secondary N) is 1. The maximum Gasteiger partial charge on any atom is 0.277 e. The largest absolute Gasteiger partial charge is 0.349 e. The third-order valence-electron chi connectivity index (χ3n) is 5.78. The van der Waals surface area contributed by atoms with Crippen molar-refractivity contribution in [2.45, 2.75) is 51.1 Å². The van der Waals surface area contributed by atoms with Crippen LogP contribution >= 0.6 is 0 Å². The van der Waals surface area contributed by atoms with Gasteiger partial charge in [-0.05, 0) is 36.5 Å². The molecule has 29 heavy (non-hydrogen) atoms. The van der Waals surface area contributed by atoms with E-state index in [1.54, 1.807) is 18.2 Å². The summed E-state index contributed by atoms with van der Waals surface area (Å²) in [7, 11) is 0. The van der Waals surface area contributed by atoms with Crippen molar-refractivity contribution < 1.29 is 4.79 Å². The highest BCUT2D eigenvalue weighted by Crippen LogP contribution is 2.34. The zero-order valence-electron chi connectivity index (χ0n) is 16.5. The van der Waals surface area contributed by atoms with E-state index in [1.165, 1.54) is 23.9 Å². The van der Waals surface area contributed by atoms with E-state index in [0.29, 0.717) is 16.8 Å². The zero-order valence-corrected chi connectivity index (χ0v) is 16.5. The number of carbonyl (C=O) groups is 1. The van der Waals surface area contributed by atoms with Gasteiger partial charge in [-0.25, -0.2) is 4.68 Å². The molecule has 1 saturated carbocycles. The summed E-state index contributed by atoms with van der Waals surface area (Å²) in [6, 6.07) is 17.3. The molecule has 1 aliphatic carbocycles. The topological polar surface area (TPSA) is 76.9 Å². The van der Waals surface area contributed by atoms with Crippen molar-refractivity contribution in [2.75, 3.05) is 0 Å². The molecule has 1 heterocycles. The van der Waals surface area contributed by atoms with Gasteiger partial charge < -0.3 is 5.32 Å². The standard InChI is InChI=1S/C23H26N4O2/c28-21(15-16-27-23(29)19-13-7-8-14-20(19)25-26-27)24-22(17-9-3-1-4-10-17)18-11-5-2-6-12-18/h1,3-4,7-10,13-14,18,22H,2,5-6,11-12,15-16H2,(H,24,28). The quantitative estimate of drug-likeness (QED) is 0.697. The molecule has 0 spiro atoms. The maximum absolute atomic E-state index is 12.7. The Labute approximate surface area is 169 Å². The Kier molecular flexibility index (Phi) is 5.98. The molecule has 6 heteroatoms. The average molecular weight is 390 g/mol.